The van der Waals surface area contributed by atoms with E-state index < -0.39 is 16.1 Å². The molecule has 9 heteroatoms. The van der Waals surface area contributed by atoms with Crippen molar-refractivity contribution in [3.63, 3.8) is 0 Å². The lowest BCUT2D eigenvalue weighted by Gasteiger charge is -2.38. The molecule has 0 unspecified atom stereocenters. The highest BCUT2D eigenvalue weighted by molar-refractivity contribution is 7.89. The first-order valence-electron chi connectivity index (χ1n) is 12.4. The van der Waals surface area contributed by atoms with E-state index in [-0.39, 0.29) is 17.2 Å². The number of halogens is 1. The Kier molecular flexibility index (Phi) is 8.74. The summed E-state index contributed by atoms with van der Waals surface area (Å²) < 4.78 is 34.6. The van der Waals surface area contributed by atoms with Gasteiger partial charge in [0, 0.05) is 36.9 Å². The Morgan fingerprint density at radius 2 is 1.68 bits per heavy atom. The van der Waals surface area contributed by atoms with Crippen molar-refractivity contribution in [1.29, 1.82) is 0 Å². The first-order valence-corrected chi connectivity index (χ1v) is 14.2. The van der Waals surface area contributed by atoms with Gasteiger partial charge in [-0.15, -0.1) is 0 Å². The molecule has 0 spiro atoms. The number of rotatable bonds is 9. The number of nitrogens with one attached hydrogen (secondary N) is 1. The highest BCUT2D eigenvalue weighted by atomic mass is 35.5. The predicted molar refractivity (Wildman–Crippen MR) is 147 cm³/mol. The van der Waals surface area contributed by atoms with Gasteiger partial charge in [0.1, 0.15) is 11.8 Å². The van der Waals surface area contributed by atoms with Gasteiger partial charge in [-0.3, -0.25) is 4.79 Å². The van der Waals surface area contributed by atoms with E-state index >= 15 is 0 Å². The lowest BCUT2D eigenvalue weighted by Crippen LogP contribution is -2.55. The van der Waals surface area contributed by atoms with Crippen LogP contribution in [0.2, 0.25) is 5.02 Å². The van der Waals surface area contributed by atoms with Crippen LogP contribution >= 0.6 is 11.6 Å². The standard InChI is InChI=1S/C28H32ClN3O4S/c1-3-36-24-11-13-25(14-12-24)37(34,35)30-26(19-22-7-5-4-6-8-22)28(33)32-17-15-31(16-18-32)27-20-23(29)10-9-21(27)2/h4-14,20,26,30H,3,15-19H2,1-2H3/t26-/m0/s1. The van der Waals surface area contributed by atoms with Gasteiger partial charge in [-0.25, -0.2) is 8.42 Å². The van der Waals surface area contributed by atoms with Crippen molar-refractivity contribution in [3.05, 3.63) is 88.9 Å². The molecule has 3 aromatic carbocycles. The molecule has 4 rings (SSSR count). The number of nitrogens with zero attached hydrogens (tertiary/aromatic N) is 2. The molecule has 1 aliphatic heterocycles. The molecule has 1 fully saturated rings. The molecule has 3 aromatic rings. The van der Waals surface area contributed by atoms with Crippen LogP contribution in [0.1, 0.15) is 18.1 Å². The van der Waals surface area contributed by atoms with Gasteiger partial charge in [0.25, 0.3) is 0 Å². The van der Waals surface area contributed by atoms with E-state index in [0.717, 1.165) is 16.8 Å². The molecular formula is C28H32ClN3O4S. The fraction of sp³-hybridized carbons (Fsp3) is 0.321. The summed E-state index contributed by atoms with van der Waals surface area (Å²) in [5.74, 6) is 0.354. The SMILES string of the molecule is CCOc1ccc(S(=O)(=O)N[C@@H](Cc2ccccc2)C(=O)N2CCN(c3cc(Cl)ccc3C)CC2)cc1. The maximum atomic E-state index is 13.7. The van der Waals surface area contributed by atoms with E-state index in [4.69, 9.17) is 16.3 Å². The molecule has 1 saturated heterocycles. The van der Waals surface area contributed by atoms with E-state index in [1.807, 2.05) is 62.4 Å². The van der Waals surface area contributed by atoms with Crippen molar-refractivity contribution in [1.82, 2.24) is 9.62 Å². The number of anilines is 1. The van der Waals surface area contributed by atoms with Gasteiger partial charge in [0.05, 0.1) is 11.5 Å². The number of piperazine rings is 1. The zero-order valence-electron chi connectivity index (χ0n) is 21.1. The summed E-state index contributed by atoms with van der Waals surface area (Å²) in [7, 11) is -3.94. The Bertz CT molecular complexity index is 1310. The average molecular weight is 542 g/mol. The predicted octanol–water partition coefficient (Wildman–Crippen LogP) is 4.29. The average Bonchev–Trinajstić information content (AvgIpc) is 2.90. The third-order valence-corrected chi connectivity index (χ3v) is 8.15. The monoisotopic (exact) mass is 541 g/mol. The summed E-state index contributed by atoms with van der Waals surface area (Å²) in [6.07, 6.45) is 0.254. The van der Waals surface area contributed by atoms with Crippen molar-refractivity contribution in [2.45, 2.75) is 31.2 Å². The number of carbonyl (C=O) groups is 1. The fourth-order valence-corrected chi connectivity index (χ4v) is 5.83. The number of ether oxygens (including phenoxy) is 1. The zero-order chi connectivity index (χ0) is 26.4. The molecule has 0 saturated carbocycles. The van der Waals surface area contributed by atoms with Crippen LogP contribution < -0.4 is 14.4 Å². The van der Waals surface area contributed by atoms with Gasteiger partial charge in [-0.1, -0.05) is 48.0 Å². The topological polar surface area (TPSA) is 78.9 Å². The van der Waals surface area contributed by atoms with Crippen LogP contribution in [0.25, 0.3) is 0 Å². The molecule has 1 amide bonds. The number of hydrogen-bond donors (Lipinski definition) is 1. The van der Waals surface area contributed by atoms with Gasteiger partial charge in [0.2, 0.25) is 15.9 Å². The van der Waals surface area contributed by atoms with E-state index in [9.17, 15) is 13.2 Å². The molecule has 1 heterocycles. The van der Waals surface area contributed by atoms with E-state index in [0.29, 0.717) is 43.6 Å². The number of benzene rings is 3. The van der Waals surface area contributed by atoms with Gasteiger partial charge < -0.3 is 14.5 Å². The minimum atomic E-state index is -3.94. The minimum Gasteiger partial charge on any atom is -0.494 e. The van der Waals surface area contributed by atoms with Crippen LogP contribution in [0.3, 0.4) is 0 Å². The Hall–Kier alpha value is -3.07. The molecule has 1 N–H and O–H groups in total. The minimum absolute atomic E-state index is 0.0862. The summed E-state index contributed by atoms with van der Waals surface area (Å²) in [4.78, 5) is 17.7. The quantitative estimate of drug-likeness (QED) is 0.437. The summed E-state index contributed by atoms with van der Waals surface area (Å²) in [5, 5.41) is 0.672. The van der Waals surface area contributed by atoms with Gasteiger partial charge in [0.15, 0.2) is 0 Å². The highest BCUT2D eigenvalue weighted by Gasteiger charge is 2.31. The Balaban J connectivity index is 1.50. The first-order chi connectivity index (χ1) is 17.8. The van der Waals surface area contributed by atoms with Crippen LogP contribution in [-0.4, -0.2) is 58.1 Å². The Labute approximate surface area is 224 Å². The smallest absolute Gasteiger partial charge is 0.241 e. The molecule has 196 valence electrons. The van der Waals surface area contributed by atoms with Crippen LogP contribution in [0.15, 0.2) is 77.7 Å². The first kappa shape index (κ1) is 27.0. The Morgan fingerprint density at radius 3 is 2.32 bits per heavy atom. The van der Waals surface area contributed by atoms with Crippen molar-refractivity contribution >= 4 is 33.2 Å². The number of hydrogen-bond acceptors (Lipinski definition) is 5. The second-order valence-corrected chi connectivity index (χ2v) is 11.2. The summed E-state index contributed by atoms with van der Waals surface area (Å²) >= 11 is 6.21. The molecular weight excluding hydrogens is 510 g/mol. The summed E-state index contributed by atoms with van der Waals surface area (Å²) in [6.45, 7) is 6.63. The van der Waals surface area contributed by atoms with Crippen LogP contribution in [0, 0.1) is 6.92 Å². The van der Waals surface area contributed by atoms with Crippen molar-refractivity contribution in [2.24, 2.45) is 0 Å². The summed E-state index contributed by atoms with van der Waals surface area (Å²) in [6, 6.07) is 20.5. The zero-order valence-corrected chi connectivity index (χ0v) is 22.6. The molecule has 1 aliphatic rings. The van der Waals surface area contributed by atoms with E-state index in [2.05, 4.69) is 9.62 Å². The lowest BCUT2D eigenvalue weighted by atomic mass is 10.1. The fourth-order valence-electron chi connectivity index (χ4n) is 4.48. The number of carbonyl (C=O) groups excluding carboxylic acids is 1. The molecule has 7 nitrogen and oxygen atoms in total. The maximum Gasteiger partial charge on any atom is 0.241 e. The summed E-state index contributed by atoms with van der Waals surface area (Å²) in [5.41, 5.74) is 3.05. The second-order valence-electron chi connectivity index (χ2n) is 9.01. The molecule has 0 aliphatic carbocycles. The number of aryl methyl sites for hydroxylation is 1. The molecule has 0 radical (unpaired) electrons. The van der Waals surface area contributed by atoms with Crippen molar-refractivity contribution in [3.8, 4) is 5.75 Å². The largest absolute Gasteiger partial charge is 0.494 e. The number of sulfonamides is 1. The van der Waals surface area contributed by atoms with E-state index in [1.54, 1.807) is 17.0 Å². The third-order valence-electron chi connectivity index (χ3n) is 6.43. The van der Waals surface area contributed by atoms with Gasteiger partial charge >= 0.3 is 0 Å². The molecule has 0 bridgehead atoms. The molecule has 0 aromatic heterocycles. The van der Waals surface area contributed by atoms with E-state index in [1.165, 1.54) is 12.1 Å². The molecule has 1 atom stereocenters. The normalized spacial score (nSPS) is 14.9. The highest BCUT2D eigenvalue weighted by Crippen LogP contribution is 2.26. The Morgan fingerprint density at radius 1 is 1.00 bits per heavy atom. The maximum absolute atomic E-state index is 13.7. The van der Waals surface area contributed by atoms with Gasteiger partial charge in [-0.05, 0) is 67.8 Å². The number of amides is 1. The van der Waals surface area contributed by atoms with Gasteiger partial charge in [-0.2, -0.15) is 4.72 Å². The van der Waals surface area contributed by atoms with Crippen LogP contribution in [-0.2, 0) is 21.2 Å². The van der Waals surface area contributed by atoms with Crippen LogP contribution in [0.5, 0.6) is 5.75 Å². The van der Waals surface area contributed by atoms with Crippen molar-refractivity contribution < 1.29 is 17.9 Å². The second kappa shape index (κ2) is 12.0. The lowest BCUT2D eigenvalue weighted by molar-refractivity contribution is -0.133. The van der Waals surface area contributed by atoms with Crippen molar-refractivity contribution in [2.75, 3.05) is 37.7 Å². The van der Waals surface area contributed by atoms with Crippen LogP contribution in [0.4, 0.5) is 5.69 Å². The molecule has 37 heavy (non-hydrogen) atoms. The third kappa shape index (κ3) is 6.83.